The Morgan fingerprint density at radius 2 is 1.81 bits per heavy atom. The van der Waals surface area contributed by atoms with Gasteiger partial charge in [0.25, 0.3) is 0 Å². The van der Waals surface area contributed by atoms with Crippen molar-refractivity contribution >= 4 is 15.5 Å². The van der Waals surface area contributed by atoms with Gasteiger partial charge in [-0.25, -0.2) is 8.42 Å². The number of sulfone groups is 1. The van der Waals surface area contributed by atoms with Crippen molar-refractivity contribution < 1.29 is 8.42 Å². The molecular formula is C12H17NO2S. The van der Waals surface area contributed by atoms with Gasteiger partial charge in [0.1, 0.15) is 0 Å². The topological polar surface area (TPSA) is 37.4 Å². The Kier molecular flexibility index (Phi) is 2.93. The fourth-order valence-corrected chi connectivity index (χ4v) is 3.11. The molecule has 0 radical (unpaired) electrons. The second kappa shape index (κ2) is 4.09. The first-order valence-electron chi connectivity index (χ1n) is 5.54. The van der Waals surface area contributed by atoms with Crippen molar-refractivity contribution in [3.63, 3.8) is 0 Å². The standard InChI is InChI=1S/C12H17NO2S/c1-10-5-6-11(13-7-3-4-8-13)12(9-10)16(2,14)15/h5-6,9H,3-4,7-8H2,1-2H3. The molecule has 0 amide bonds. The number of rotatable bonds is 2. The van der Waals surface area contributed by atoms with Crippen LogP contribution in [0.1, 0.15) is 18.4 Å². The number of aryl methyl sites for hydroxylation is 1. The highest BCUT2D eigenvalue weighted by atomic mass is 32.2. The van der Waals surface area contributed by atoms with E-state index in [0.29, 0.717) is 4.90 Å². The molecule has 1 saturated heterocycles. The summed E-state index contributed by atoms with van der Waals surface area (Å²) in [6.45, 7) is 3.85. The maximum absolute atomic E-state index is 11.7. The van der Waals surface area contributed by atoms with Gasteiger partial charge in [0.15, 0.2) is 9.84 Å². The van der Waals surface area contributed by atoms with Crippen LogP contribution < -0.4 is 4.90 Å². The molecule has 1 aromatic rings. The van der Waals surface area contributed by atoms with Crippen LogP contribution in [0.4, 0.5) is 5.69 Å². The van der Waals surface area contributed by atoms with E-state index in [1.54, 1.807) is 6.07 Å². The van der Waals surface area contributed by atoms with E-state index in [1.807, 2.05) is 19.1 Å². The SMILES string of the molecule is Cc1ccc(N2CCCC2)c(S(C)(=O)=O)c1. The molecule has 1 fully saturated rings. The van der Waals surface area contributed by atoms with E-state index in [-0.39, 0.29) is 0 Å². The normalized spacial score (nSPS) is 16.8. The van der Waals surface area contributed by atoms with Crippen LogP contribution in [0, 0.1) is 6.92 Å². The van der Waals surface area contributed by atoms with E-state index in [4.69, 9.17) is 0 Å². The minimum Gasteiger partial charge on any atom is -0.370 e. The average Bonchev–Trinajstić information content (AvgIpc) is 2.69. The molecule has 1 aliphatic heterocycles. The van der Waals surface area contributed by atoms with Gasteiger partial charge in [-0.15, -0.1) is 0 Å². The second-order valence-electron chi connectivity index (χ2n) is 4.44. The zero-order chi connectivity index (χ0) is 11.8. The zero-order valence-electron chi connectivity index (χ0n) is 9.73. The Morgan fingerprint density at radius 1 is 1.19 bits per heavy atom. The molecule has 1 heterocycles. The predicted molar refractivity (Wildman–Crippen MR) is 65.7 cm³/mol. The Bertz CT molecular complexity index is 488. The lowest BCUT2D eigenvalue weighted by Gasteiger charge is -2.20. The number of benzene rings is 1. The molecule has 4 heteroatoms. The Morgan fingerprint density at radius 3 is 2.38 bits per heavy atom. The van der Waals surface area contributed by atoms with Crippen molar-refractivity contribution in [1.29, 1.82) is 0 Å². The van der Waals surface area contributed by atoms with Crippen LogP contribution in [0.2, 0.25) is 0 Å². The minimum absolute atomic E-state index is 0.467. The number of hydrogen-bond acceptors (Lipinski definition) is 3. The summed E-state index contributed by atoms with van der Waals surface area (Å²) in [4.78, 5) is 2.63. The predicted octanol–water partition coefficient (Wildman–Crippen LogP) is 2.00. The first kappa shape index (κ1) is 11.5. The molecule has 1 aromatic carbocycles. The first-order valence-corrected chi connectivity index (χ1v) is 7.43. The van der Waals surface area contributed by atoms with Gasteiger partial charge in [0, 0.05) is 19.3 Å². The van der Waals surface area contributed by atoms with E-state index in [2.05, 4.69) is 4.90 Å². The van der Waals surface area contributed by atoms with E-state index in [9.17, 15) is 8.42 Å². The molecule has 1 aliphatic rings. The molecule has 0 spiro atoms. The third-order valence-electron chi connectivity index (χ3n) is 2.96. The van der Waals surface area contributed by atoms with Crippen molar-refractivity contribution in [2.45, 2.75) is 24.7 Å². The van der Waals surface area contributed by atoms with E-state index < -0.39 is 9.84 Å². The van der Waals surface area contributed by atoms with Gasteiger partial charge in [-0.05, 0) is 37.5 Å². The highest BCUT2D eigenvalue weighted by molar-refractivity contribution is 7.90. The van der Waals surface area contributed by atoms with Gasteiger partial charge < -0.3 is 4.90 Å². The maximum atomic E-state index is 11.7. The van der Waals surface area contributed by atoms with Gasteiger partial charge in [-0.1, -0.05) is 6.07 Å². The molecule has 3 nitrogen and oxygen atoms in total. The summed E-state index contributed by atoms with van der Waals surface area (Å²) >= 11 is 0. The minimum atomic E-state index is -3.14. The average molecular weight is 239 g/mol. The molecule has 16 heavy (non-hydrogen) atoms. The number of nitrogens with zero attached hydrogens (tertiary/aromatic N) is 1. The largest absolute Gasteiger partial charge is 0.370 e. The number of anilines is 1. The van der Waals surface area contributed by atoms with Gasteiger partial charge in [0.2, 0.25) is 0 Å². The summed E-state index contributed by atoms with van der Waals surface area (Å²) < 4.78 is 23.5. The summed E-state index contributed by atoms with van der Waals surface area (Å²) in [7, 11) is -3.14. The summed E-state index contributed by atoms with van der Waals surface area (Å²) in [5.41, 5.74) is 1.86. The van der Waals surface area contributed by atoms with Crippen LogP contribution in [0.25, 0.3) is 0 Å². The number of hydrogen-bond donors (Lipinski definition) is 0. The van der Waals surface area contributed by atoms with Crippen molar-refractivity contribution in [3.05, 3.63) is 23.8 Å². The summed E-state index contributed by atoms with van der Waals surface area (Å²) in [5, 5.41) is 0. The molecule has 0 bridgehead atoms. The van der Waals surface area contributed by atoms with Crippen molar-refractivity contribution in [1.82, 2.24) is 0 Å². The van der Waals surface area contributed by atoms with E-state index >= 15 is 0 Å². The molecule has 2 rings (SSSR count). The molecule has 0 aliphatic carbocycles. The quantitative estimate of drug-likeness (QED) is 0.792. The Hall–Kier alpha value is -1.03. The van der Waals surface area contributed by atoms with Crippen molar-refractivity contribution in [3.8, 4) is 0 Å². The molecule has 0 atom stereocenters. The van der Waals surface area contributed by atoms with Crippen LogP contribution in [-0.4, -0.2) is 27.8 Å². The van der Waals surface area contributed by atoms with Crippen molar-refractivity contribution in [2.75, 3.05) is 24.2 Å². The third kappa shape index (κ3) is 2.21. The van der Waals surface area contributed by atoms with Gasteiger partial charge >= 0.3 is 0 Å². The fraction of sp³-hybridized carbons (Fsp3) is 0.500. The van der Waals surface area contributed by atoms with Crippen LogP contribution in [0.15, 0.2) is 23.1 Å². The van der Waals surface area contributed by atoms with Gasteiger partial charge in [-0.3, -0.25) is 0 Å². The smallest absolute Gasteiger partial charge is 0.177 e. The summed E-state index contributed by atoms with van der Waals surface area (Å²) in [6.07, 6.45) is 3.58. The molecule has 0 unspecified atom stereocenters. The molecule has 0 N–H and O–H groups in total. The van der Waals surface area contributed by atoms with Crippen LogP contribution in [0.5, 0.6) is 0 Å². The Balaban J connectivity index is 2.52. The lowest BCUT2D eigenvalue weighted by molar-refractivity contribution is 0.601. The van der Waals surface area contributed by atoms with Gasteiger partial charge in [0.05, 0.1) is 10.6 Å². The first-order chi connectivity index (χ1) is 7.48. The Labute approximate surface area is 97.0 Å². The van der Waals surface area contributed by atoms with Gasteiger partial charge in [-0.2, -0.15) is 0 Å². The molecular weight excluding hydrogens is 222 g/mol. The van der Waals surface area contributed by atoms with Crippen LogP contribution in [0.3, 0.4) is 0 Å². The highest BCUT2D eigenvalue weighted by Gasteiger charge is 2.20. The van der Waals surface area contributed by atoms with Crippen molar-refractivity contribution in [2.24, 2.45) is 0 Å². The van der Waals surface area contributed by atoms with E-state index in [0.717, 1.165) is 37.2 Å². The lowest BCUT2D eigenvalue weighted by Crippen LogP contribution is -2.20. The second-order valence-corrected chi connectivity index (χ2v) is 6.42. The highest BCUT2D eigenvalue weighted by Crippen LogP contribution is 2.28. The maximum Gasteiger partial charge on any atom is 0.177 e. The molecule has 88 valence electrons. The molecule has 0 aromatic heterocycles. The summed E-state index contributed by atoms with van der Waals surface area (Å²) in [5.74, 6) is 0. The van der Waals surface area contributed by atoms with Crippen LogP contribution >= 0.6 is 0 Å². The lowest BCUT2D eigenvalue weighted by atomic mass is 10.2. The monoisotopic (exact) mass is 239 g/mol. The van der Waals surface area contributed by atoms with E-state index in [1.165, 1.54) is 6.26 Å². The zero-order valence-corrected chi connectivity index (χ0v) is 10.5. The third-order valence-corrected chi connectivity index (χ3v) is 4.09. The summed E-state index contributed by atoms with van der Waals surface area (Å²) in [6, 6.07) is 5.67. The van der Waals surface area contributed by atoms with Crippen LogP contribution in [-0.2, 0) is 9.84 Å². The molecule has 0 saturated carbocycles. The fourth-order valence-electron chi connectivity index (χ4n) is 2.14.